The number of aliphatic hydroxyl groups excluding tert-OH is 2. The maximum Gasteiger partial charge on any atom is 0.303 e. The molecule has 0 heterocycles. The van der Waals surface area contributed by atoms with Gasteiger partial charge in [-0.15, -0.1) is 0 Å². The standard InChI is InChI=1S/C20H32O5.C4H12N2/c1-15(21)7-6-8-17(22)13-11-16-12-14-19(23)18(16)9-4-2-3-5-10-20(24)25;5-3-1-2-4-6/h11-18,21-22H,2-10H2,1H3,(H,24,25);1-6H2/t15?,16-,17-,18+;/m0./s1. The van der Waals surface area contributed by atoms with Crippen LogP contribution in [0.4, 0.5) is 0 Å². The monoisotopic (exact) mass is 440 g/mol. The van der Waals surface area contributed by atoms with E-state index < -0.39 is 12.1 Å². The zero-order valence-corrected chi connectivity index (χ0v) is 19.1. The number of carbonyl (C=O) groups is 2. The molecule has 0 amide bonds. The molecule has 0 bridgehead atoms. The van der Waals surface area contributed by atoms with Gasteiger partial charge in [0.1, 0.15) is 0 Å². The molecule has 0 saturated heterocycles. The smallest absolute Gasteiger partial charge is 0.303 e. The number of allylic oxidation sites excluding steroid dienone is 3. The Labute approximate surface area is 187 Å². The summed E-state index contributed by atoms with van der Waals surface area (Å²) >= 11 is 0. The predicted octanol–water partition coefficient (Wildman–Crippen LogP) is 2.94. The van der Waals surface area contributed by atoms with Gasteiger partial charge in [0.15, 0.2) is 5.78 Å². The first kappa shape index (κ1) is 29.5. The van der Waals surface area contributed by atoms with Gasteiger partial charge in [0.25, 0.3) is 0 Å². The van der Waals surface area contributed by atoms with Gasteiger partial charge in [0, 0.05) is 18.3 Å². The van der Waals surface area contributed by atoms with Crippen LogP contribution in [0.1, 0.15) is 77.6 Å². The highest BCUT2D eigenvalue weighted by Crippen LogP contribution is 2.29. The number of carboxylic acid groups (broad SMARTS) is 1. The summed E-state index contributed by atoms with van der Waals surface area (Å²) < 4.78 is 0. The van der Waals surface area contributed by atoms with Crippen LogP contribution in [0.3, 0.4) is 0 Å². The number of aliphatic hydroxyl groups is 2. The van der Waals surface area contributed by atoms with Crippen molar-refractivity contribution in [1.82, 2.24) is 0 Å². The lowest BCUT2D eigenvalue weighted by Crippen LogP contribution is -2.15. The molecule has 0 aromatic carbocycles. The highest BCUT2D eigenvalue weighted by atomic mass is 16.4. The number of nitrogens with two attached hydrogens (primary N) is 2. The van der Waals surface area contributed by atoms with Crippen LogP contribution in [0, 0.1) is 11.8 Å². The Kier molecular flexibility index (Phi) is 18.2. The Morgan fingerprint density at radius 1 is 1.03 bits per heavy atom. The summed E-state index contributed by atoms with van der Waals surface area (Å²) in [4.78, 5) is 22.5. The van der Waals surface area contributed by atoms with Crippen LogP contribution < -0.4 is 11.5 Å². The second-order valence-electron chi connectivity index (χ2n) is 8.31. The number of ketones is 1. The molecule has 1 aliphatic carbocycles. The van der Waals surface area contributed by atoms with Crippen LogP contribution in [-0.2, 0) is 9.59 Å². The Morgan fingerprint density at radius 2 is 1.68 bits per heavy atom. The van der Waals surface area contributed by atoms with Crippen molar-refractivity contribution in [3.8, 4) is 0 Å². The van der Waals surface area contributed by atoms with Crippen molar-refractivity contribution in [2.24, 2.45) is 23.3 Å². The molecule has 180 valence electrons. The van der Waals surface area contributed by atoms with Gasteiger partial charge in [-0.25, -0.2) is 0 Å². The third-order valence-electron chi connectivity index (χ3n) is 5.30. The van der Waals surface area contributed by atoms with Crippen molar-refractivity contribution in [3.05, 3.63) is 24.3 Å². The minimum absolute atomic E-state index is 0.0398. The fourth-order valence-electron chi connectivity index (χ4n) is 3.44. The average Bonchev–Trinajstić information content (AvgIpc) is 3.07. The third kappa shape index (κ3) is 16.8. The number of rotatable bonds is 16. The molecule has 7 heteroatoms. The van der Waals surface area contributed by atoms with Gasteiger partial charge in [0.05, 0.1) is 12.2 Å². The van der Waals surface area contributed by atoms with Crippen molar-refractivity contribution < 1.29 is 24.9 Å². The van der Waals surface area contributed by atoms with E-state index >= 15 is 0 Å². The molecule has 0 radical (unpaired) electrons. The second kappa shape index (κ2) is 19.2. The van der Waals surface area contributed by atoms with Crippen LogP contribution >= 0.6 is 0 Å². The van der Waals surface area contributed by atoms with Crippen molar-refractivity contribution in [1.29, 1.82) is 0 Å². The summed E-state index contributed by atoms with van der Waals surface area (Å²) in [5, 5.41) is 27.8. The Balaban J connectivity index is 0.00000131. The number of carboxylic acids is 1. The summed E-state index contributed by atoms with van der Waals surface area (Å²) in [6, 6.07) is 0. The molecular weight excluding hydrogens is 396 g/mol. The summed E-state index contributed by atoms with van der Waals surface area (Å²) in [7, 11) is 0. The first-order chi connectivity index (χ1) is 14.8. The molecule has 4 atom stereocenters. The maximum atomic E-state index is 12.0. The van der Waals surface area contributed by atoms with Gasteiger partial charge in [-0.2, -0.15) is 0 Å². The highest BCUT2D eigenvalue weighted by Gasteiger charge is 2.27. The third-order valence-corrected chi connectivity index (χ3v) is 5.30. The predicted molar refractivity (Wildman–Crippen MR) is 124 cm³/mol. The number of aliphatic carboxylic acids is 1. The van der Waals surface area contributed by atoms with Crippen molar-refractivity contribution in [2.75, 3.05) is 13.1 Å². The summed E-state index contributed by atoms with van der Waals surface area (Å²) in [6.07, 6.45) is 14.9. The van der Waals surface area contributed by atoms with E-state index in [2.05, 4.69) is 0 Å². The van der Waals surface area contributed by atoms with Gasteiger partial charge in [-0.05, 0) is 71.0 Å². The molecule has 1 unspecified atom stereocenters. The van der Waals surface area contributed by atoms with E-state index in [1.807, 2.05) is 12.2 Å². The normalized spacial score (nSPS) is 20.0. The quantitative estimate of drug-likeness (QED) is 0.183. The van der Waals surface area contributed by atoms with Crippen molar-refractivity contribution >= 4 is 11.8 Å². The summed E-state index contributed by atoms with van der Waals surface area (Å²) in [6.45, 7) is 3.29. The van der Waals surface area contributed by atoms with E-state index in [-0.39, 0.29) is 30.1 Å². The number of hydrogen-bond acceptors (Lipinski definition) is 6. The maximum absolute atomic E-state index is 12.0. The second-order valence-corrected chi connectivity index (χ2v) is 8.31. The first-order valence-corrected chi connectivity index (χ1v) is 11.7. The van der Waals surface area contributed by atoms with Crippen LogP contribution in [0.25, 0.3) is 0 Å². The van der Waals surface area contributed by atoms with Crippen molar-refractivity contribution in [2.45, 2.75) is 89.8 Å². The largest absolute Gasteiger partial charge is 0.481 e. The SMILES string of the molecule is CC(O)CCC[C@H](O)C=C[C@H]1C=CC(=O)[C@@H]1CCCCCCC(=O)O.NCCCCN. The lowest BCUT2D eigenvalue weighted by atomic mass is 9.88. The average molecular weight is 441 g/mol. The van der Waals surface area contributed by atoms with Gasteiger partial charge in [0.2, 0.25) is 0 Å². The number of hydrogen-bond donors (Lipinski definition) is 5. The van der Waals surface area contributed by atoms with Gasteiger partial charge < -0.3 is 26.8 Å². The van der Waals surface area contributed by atoms with E-state index in [0.717, 1.165) is 58.0 Å². The van der Waals surface area contributed by atoms with Gasteiger partial charge in [-0.3, -0.25) is 9.59 Å². The van der Waals surface area contributed by atoms with E-state index in [9.17, 15) is 19.8 Å². The van der Waals surface area contributed by atoms with E-state index in [1.54, 1.807) is 19.1 Å². The minimum atomic E-state index is -0.757. The minimum Gasteiger partial charge on any atom is -0.481 e. The molecule has 0 aromatic rings. The Morgan fingerprint density at radius 3 is 2.26 bits per heavy atom. The fourth-order valence-corrected chi connectivity index (χ4v) is 3.44. The molecule has 1 rings (SSSR count). The van der Waals surface area contributed by atoms with E-state index in [1.165, 1.54) is 0 Å². The first-order valence-electron chi connectivity index (χ1n) is 11.7. The molecule has 31 heavy (non-hydrogen) atoms. The van der Waals surface area contributed by atoms with E-state index in [0.29, 0.717) is 19.3 Å². The van der Waals surface area contributed by atoms with Crippen molar-refractivity contribution in [3.63, 3.8) is 0 Å². The Hall–Kier alpha value is -1.54. The molecular formula is C24H44N2O5. The zero-order chi connectivity index (χ0) is 23.5. The molecule has 0 fully saturated rings. The Bertz CT molecular complexity index is 530. The molecule has 0 saturated carbocycles. The van der Waals surface area contributed by atoms with Crippen LogP contribution in [0.2, 0.25) is 0 Å². The van der Waals surface area contributed by atoms with Gasteiger partial charge >= 0.3 is 5.97 Å². The molecule has 1 aliphatic rings. The molecule has 7 N–H and O–H groups in total. The van der Waals surface area contributed by atoms with Gasteiger partial charge in [-0.1, -0.05) is 37.5 Å². The fraction of sp³-hybridized carbons (Fsp3) is 0.750. The van der Waals surface area contributed by atoms with Crippen LogP contribution in [0.5, 0.6) is 0 Å². The molecule has 7 nitrogen and oxygen atoms in total. The lowest BCUT2D eigenvalue weighted by molar-refractivity contribution is -0.137. The van der Waals surface area contributed by atoms with Crippen LogP contribution in [-0.4, -0.2) is 52.4 Å². The number of unbranched alkanes of at least 4 members (excludes halogenated alkanes) is 4. The highest BCUT2D eigenvalue weighted by molar-refractivity contribution is 5.94. The van der Waals surface area contributed by atoms with E-state index in [4.69, 9.17) is 16.6 Å². The molecule has 0 aromatic heterocycles. The summed E-state index contributed by atoms with van der Waals surface area (Å²) in [5.74, 6) is -0.630. The zero-order valence-electron chi connectivity index (χ0n) is 19.1. The summed E-state index contributed by atoms with van der Waals surface area (Å²) in [5.41, 5.74) is 10.3. The molecule has 0 aliphatic heterocycles. The number of carbonyl (C=O) groups excluding carboxylic acids is 1. The van der Waals surface area contributed by atoms with Crippen LogP contribution in [0.15, 0.2) is 24.3 Å². The lowest BCUT2D eigenvalue weighted by Gasteiger charge is -2.15. The molecule has 0 spiro atoms. The topological polar surface area (TPSA) is 147 Å².